The van der Waals surface area contributed by atoms with Crippen LogP contribution in [0.5, 0.6) is 0 Å². The number of anilines is 1. The van der Waals surface area contributed by atoms with Crippen LogP contribution in [0.25, 0.3) is 11.5 Å². The van der Waals surface area contributed by atoms with Crippen molar-refractivity contribution in [3.8, 4) is 11.5 Å². The van der Waals surface area contributed by atoms with Gasteiger partial charge in [-0.15, -0.1) is 10.2 Å². The zero-order valence-corrected chi connectivity index (χ0v) is 17.4. The molecule has 6 nitrogen and oxygen atoms in total. The van der Waals surface area contributed by atoms with E-state index in [0.29, 0.717) is 28.9 Å². The van der Waals surface area contributed by atoms with E-state index in [-0.39, 0.29) is 12.5 Å². The van der Waals surface area contributed by atoms with Gasteiger partial charge in [-0.25, -0.2) is 0 Å². The molecule has 3 aromatic rings. The van der Waals surface area contributed by atoms with Crippen molar-refractivity contribution in [2.24, 2.45) is 0 Å². The number of hydrogen-bond donors (Lipinski definition) is 1. The average Bonchev–Trinajstić information content (AvgIpc) is 3.17. The van der Waals surface area contributed by atoms with Gasteiger partial charge in [-0.1, -0.05) is 49.7 Å². The maximum Gasteiger partial charge on any atom is 0.249 e. The first-order valence-electron chi connectivity index (χ1n) is 9.77. The highest BCUT2D eigenvalue weighted by atomic mass is 35.5. The molecule has 2 aromatic carbocycles. The molecular formula is C22H25ClN4O2. The van der Waals surface area contributed by atoms with Gasteiger partial charge >= 0.3 is 0 Å². The zero-order valence-electron chi connectivity index (χ0n) is 16.7. The van der Waals surface area contributed by atoms with Crippen molar-refractivity contribution in [1.82, 2.24) is 15.1 Å². The molecular weight excluding hydrogens is 388 g/mol. The van der Waals surface area contributed by atoms with E-state index in [2.05, 4.69) is 29.4 Å². The van der Waals surface area contributed by atoms with E-state index in [9.17, 15) is 4.79 Å². The number of carbonyl (C=O) groups excluding carboxylic acids is 1. The third-order valence-electron chi connectivity index (χ3n) is 4.48. The van der Waals surface area contributed by atoms with Gasteiger partial charge in [0.25, 0.3) is 0 Å². The normalized spacial score (nSPS) is 11.0. The fourth-order valence-electron chi connectivity index (χ4n) is 3.01. The lowest BCUT2D eigenvalue weighted by atomic mass is 10.1. The lowest BCUT2D eigenvalue weighted by molar-refractivity contribution is -0.117. The van der Waals surface area contributed by atoms with Crippen LogP contribution in [0, 0.1) is 0 Å². The van der Waals surface area contributed by atoms with Gasteiger partial charge in [-0.05, 0) is 49.2 Å². The van der Waals surface area contributed by atoms with Gasteiger partial charge in [0.2, 0.25) is 17.7 Å². The summed E-state index contributed by atoms with van der Waals surface area (Å²) >= 11 is 6.20. The van der Waals surface area contributed by atoms with Crippen LogP contribution >= 0.6 is 11.6 Å². The van der Waals surface area contributed by atoms with Crippen LogP contribution < -0.4 is 5.32 Å². The molecule has 152 valence electrons. The molecule has 0 spiro atoms. The van der Waals surface area contributed by atoms with Crippen LogP contribution in [-0.4, -0.2) is 34.1 Å². The van der Waals surface area contributed by atoms with Gasteiger partial charge in [-0.2, -0.15) is 0 Å². The van der Waals surface area contributed by atoms with Crippen LogP contribution in [-0.2, 0) is 17.8 Å². The van der Waals surface area contributed by atoms with Gasteiger partial charge in [0, 0.05) is 5.69 Å². The van der Waals surface area contributed by atoms with Gasteiger partial charge in [0.1, 0.15) is 0 Å². The molecule has 0 aliphatic heterocycles. The number of nitrogens with one attached hydrogen (secondary N) is 1. The van der Waals surface area contributed by atoms with E-state index in [4.69, 9.17) is 16.0 Å². The molecule has 0 aliphatic carbocycles. The van der Waals surface area contributed by atoms with Crippen LogP contribution in [0.1, 0.15) is 31.7 Å². The van der Waals surface area contributed by atoms with E-state index in [1.165, 1.54) is 5.56 Å². The Hall–Kier alpha value is -2.70. The second kappa shape index (κ2) is 10.2. The lowest BCUT2D eigenvalue weighted by Crippen LogP contribution is -2.33. The Kier molecular flexibility index (Phi) is 7.38. The molecule has 0 bridgehead atoms. The second-order valence-electron chi connectivity index (χ2n) is 6.79. The highest BCUT2D eigenvalue weighted by molar-refractivity contribution is 6.33. The molecule has 3 rings (SSSR count). The number of aromatic nitrogens is 2. The van der Waals surface area contributed by atoms with Gasteiger partial charge in [-0.3, -0.25) is 9.69 Å². The summed E-state index contributed by atoms with van der Waals surface area (Å²) in [5.74, 6) is 0.754. The highest BCUT2D eigenvalue weighted by Crippen LogP contribution is 2.26. The molecule has 1 N–H and O–H groups in total. The third-order valence-corrected chi connectivity index (χ3v) is 4.81. The summed E-state index contributed by atoms with van der Waals surface area (Å²) in [7, 11) is 0. The van der Waals surface area contributed by atoms with Crippen molar-refractivity contribution >= 4 is 23.2 Å². The Balaban J connectivity index is 1.62. The molecule has 1 aromatic heterocycles. The quantitative estimate of drug-likeness (QED) is 0.546. The van der Waals surface area contributed by atoms with Crippen LogP contribution in [0.2, 0.25) is 5.02 Å². The van der Waals surface area contributed by atoms with E-state index in [0.717, 1.165) is 25.1 Å². The van der Waals surface area contributed by atoms with Crippen LogP contribution in [0.4, 0.5) is 5.69 Å². The standard InChI is InChI=1S/C22H25ClN4O2/c1-3-13-27(14-20(28)24-17-11-9-16(4-2)10-12-17)15-21-25-26-22(29-21)18-7-5-6-8-19(18)23/h5-12H,3-4,13-15H2,1-2H3,(H,24,28). The molecule has 0 saturated heterocycles. The second-order valence-corrected chi connectivity index (χ2v) is 7.20. The fourth-order valence-corrected chi connectivity index (χ4v) is 3.23. The summed E-state index contributed by atoms with van der Waals surface area (Å²) < 4.78 is 5.77. The largest absolute Gasteiger partial charge is 0.419 e. The Labute approximate surface area is 175 Å². The number of nitrogens with zero attached hydrogens (tertiary/aromatic N) is 3. The molecule has 7 heteroatoms. The summed E-state index contributed by atoms with van der Waals surface area (Å²) in [5.41, 5.74) is 2.73. The van der Waals surface area contributed by atoms with Crippen molar-refractivity contribution in [2.45, 2.75) is 33.2 Å². The minimum atomic E-state index is -0.0754. The van der Waals surface area contributed by atoms with Crippen molar-refractivity contribution in [3.05, 3.63) is 65.0 Å². The Morgan fingerprint density at radius 2 is 1.86 bits per heavy atom. The lowest BCUT2D eigenvalue weighted by Gasteiger charge is -2.19. The number of amides is 1. The smallest absolute Gasteiger partial charge is 0.249 e. The van der Waals surface area contributed by atoms with Gasteiger partial charge < -0.3 is 9.73 Å². The molecule has 0 radical (unpaired) electrons. The highest BCUT2D eigenvalue weighted by Gasteiger charge is 2.16. The van der Waals surface area contributed by atoms with Crippen molar-refractivity contribution in [2.75, 3.05) is 18.4 Å². The average molecular weight is 413 g/mol. The topological polar surface area (TPSA) is 71.3 Å². The first-order chi connectivity index (χ1) is 14.1. The predicted molar refractivity (Wildman–Crippen MR) is 115 cm³/mol. The monoisotopic (exact) mass is 412 g/mol. The Bertz CT molecular complexity index is 940. The number of aryl methyl sites for hydroxylation is 1. The maximum atomic E-state index is 12.5. The fraction of sp³-hybridized carbons (Fsp3) is 0.318. The molecule has 29 heavy (non-hydrogen) atoms. The first kappa shape index (κ1) is 21.0. The molecule has 0 atom stereocenters. The minimum Gasteiger partial charge on any atom is -0.419 e. The number of hydrogen-bond acceptors (Lipinski definition) is 5. The Morgan fingerprint density at radius 1 is 1.10 bits per heavy atom. The summed E-state index contributed by atoms with van der Waals surface area (Å²) in [6.45, 7) is 5.55. The number of carbonyl (C=O) groups is 1. The molecule has 0 unspecified atom stereocenters. The van der Waals surface area contributed by atoms with E-state index >= 15 is 0 Å². The number of rotatable bonds is 9. The van der Waals surface area contributed by atoms with E-state index in [1.807, 2.05) is 47.4 Å². The van der Waals surface area contributed by atoms with Crippen molar-refractivity contribution in [3.63, 3.8) is 0 Å². The molecule has 1 heterocycles. The van der Waals surface area contributed by atoms with Gasteiger partial charge in [0.15, 0.2) is 0 Å². The summed E-state index contributed by atoms with van der Waals surface area (Å²) in [4.78, 5) is 14.5. The first-order valence-corrected chi connectivity index (χ1v) is 10.1. The van der Waals surface area contributed by atoms with Crippen LogP contribution in [0.3, 0.4) is 0 Å². The van der Waals surface area contributed by atoms with Crippen LogP contribution in [0.15, 0.2) is 52.9 Å². The zero-order chi connectivity index (χ0) is 20.6. The van der Waals surface area contributed by atoms with Crippen molar-refractivity contribution in [1.29, 1.82) is 0 Å². The third kappa shape index (κ3) is 5.89. The summed E-state index contributed by atoms with van der Waals surface area (Å²) in [5, 5.41) is 11.7. The van der Waals surface area contributed by atoms with Crippen molar-refractivity contribution < 1.29 is 9.21 Å². The molecule has 0 aliphatic rings. The summed E-state index contributed by atoms with van der Waals surface area (Å²) in [6.07, 6.45) is 1.88. The SMILES string of the molecule is CCCN(CC(=O)Nc1ccc(CC)cc1)Cc1nnc(-c2ccccc2Cl)o1. The molecule has 1 amide bonds. The number of halogens is 1. The van der Waals surface area contributed by atoms with Gasteiger partial charge in [0.05, 0.1) is 23.7 Å². The molecule has 0 saturated carbocycles. The predicted octanol–water partition coefficient (Wildman–Crippen LogP) is 4.80. The minimum absolute atomic E-state index is 0.0754. The summed E-state index contributed by atoms with van der Waals surface area (Å²) in [6, 6.07) is 15.2. The van der Waals surface area contributed by atoms with E-state index < -0.39 is 0 Å². The number of benzene rings is 2. The Morgan fingerprint density at radius 3 is 2.55 bits per heavy atom. The molecule has 0 fully saturated rings. The van der Waals surface area contributed by atoms with E-state index in [1.54, 1.807) is 6.07 Å². The maximum absolute atomic E-state index is 12.5.